The van der Waals surface area contributed by atoms with Crippen LogP contribution in [0.5, 0.6) is 11.5 Å². The second-order valence-electron chi connectivity index (χ2n) is 5.51. The van der Waals surface area contributed by atoms with Crippen LogP contribution < -0.4 is 20.1 Å². The molecule has 0 bridgehead atoms. The SMILES string of the molecule is COc1ccc(CCNC(=O)C(=O)Nc2cc(C)ccc2OC)cc1. The van der Waals surface area contributed by atoms with Crippen LogP contribution in [0.4, 0.5) is 5.69 Å². The predicted molar refractivity (Wildman–Crippen MR) is 96.1 cm³/mol. The number of aryl methyl sites for hydroxylation is 1. The largest absolute Gasteiger partial charge is 0.497 e. The van der Waals surface area contributed by atoms with E-state index in [4.69, 9.17) is 9.47 Å². The Bertz CT molecular complexity index is 742. The van der Waals surface area contributed by atoms with Gasteiger partial charge in [0.05, 0.1) is 19.9 Å². The molecule has 0 aromatic heterocycles. The summed E-state index contributed by atoms with van der Waals surface area (Å²) in [5.74, 6) is -0.125. The van der Waals surface area contributed by atoms with Crippen molar-refractivity contribution in [1.82, 2.24) is 5.32 Å². The summed E-state index contributed by atoms with van der Waals surface area (Å²) in [6, 6.07) is 12.9. The molecule has 2 rings (SSSR count). The number of hydrogen-bond donors (Lipinski definition) is 2. The third-order valence-electron chi connectivity index (χ3n) is 3.67. The highest BCUT2D eigenvalue weighted by molar-refractivity contribution is 6.39. The molecule has 2 aromatic carbocycles. The highest BCUT2D eigenvalue weighted by Crippen LogP contribution is 2.24. The van der Waals surface area contributed by atoms with Crippen molar-refractivity contribution in [3.63, 3.8) is 0 Å². The molecule has 2 amide bonds. The first-order valence-corrected chi connectivity index (χ1v) is 7.90. The Morgan fingerprint density at radius 2 is 1.68 bits per heavy atom. The van der Waals surface area contributed by atoms with E-state index in [9.17, 15) is 9.59 Å². The number of carbonyl (C=O) groups is 2. The quantitative estimate of drug-likeness (QED) is 0.790. The highest BCUT2D eigenvalue weighted by Gasteiger charge is 2.15. The monoisotopic (exact) mass is 342 g/mol. The number of amides is 2. The molecule has 0 aliphatic carbocycles. The van der Waals surface area contributed by atoms with Crippen molar-refractivity contribution in [3.8, 4) is 11.5 Å². The summed E-state index contributed by atoms with van der Waals surface area (Å²) in [5, 5.41) is 5.18. The van der Waals surface area contributed by atoms with Crippen LogP contribution >= 0.6 is 0 Å². The zero-order valence-electron chi connectivity index (χ0n) is 14.6. The van der Waals surface area contributed by atoms with Crippen LogP contribution in [-0.4, -0.2) is 32.6 Å². The molecule has 132 valence electrons. The topological polar surface area (TPSA) is 76.7 Å². The lowest BCUT2D eigenvalue weighted by molar-refractivity contribution is -0.136. The van der Waals surface area contributed by atoms with E-state index in [-0.39, 0.29) is 0 Å². The summed E-state index contributed by atoms with van der Waals surface area (Å²) in [5.41, 5.74) is 2.47. The Hall–Kier alpha value is -3.02. The Morgan fingerprint density at radius 3 is 2.32 bits per heavy atom. The number of ether oxygens (including phenoxy) is 2. The molecule has 0 saturated heterocycles. The second kappa shape index (κ2) is 8.73. The van der Waals surface area contributed by atoms with Crippen LogP contribution in [0.25, 0.3) is 0 Å². The third kappa shape index (κ3) is 5.24. The first-order chi connectivity index (χ1) is 12.0. The summed E-state index contributed by atoms with van der Waals surface area (Å²) in [7, 11) is 3.12. The normalized spacial score (nSPS) is 10.0. The van der Waals surface area contributed by atoms with Gasteiger partial charge in [-0.1, -0.05) is 18.2 Å². The van der Waals surface area contributed by atoms with Crippen molar-refractivity contribution in [2.24, 2.45) is 0 Å². The molecule has 6 heteroatoms. The first kappa shape index (κ1) is 18.3. The molecular formula is C19H22N2O4. The molecule has 0 saturated carbocycles. The maximum absolute atomic E-state index is 12.0. The molecule has 6 nitrogen and oxygen atoms in total. The number of methoxy groups -OCH3 is 2. The van der Waals surface area contributed by atoms with E-state index in [0.717, 1.165) is 16.9 Å². The number of hydrogen-bond acceptors (Lipinski definition) is 4. The molecule has 25 heavy (non-hydrogen) atoms. The van der Waals surface area contributed by atoms with Crippen molar-refractivity contribution >= 4 is 17.5 Å². The summed E-state index contributed by atoms with van der Waals surface area (Å²) < 4.78 is 10.3. The average Bonchev–Trinajstić information content (AvgIpc) is 2.62. The summed E-state index contributed by atoms with van der Waals surface area (Å²) in [6.07, 6.45) is 0.622. The minimum Gasteiger partial charge on any atom is -0.497 e. The number of rotatable bonds is 6. The van der Waals surface area contributed by atoms with Crippen LogP contribution in [0.2, 0.25) is 0 Å². The highest BCUT2D eigenvalue weighted by atomic mass is 16.5. The van der Waals surface area contributed by atoms with E-state index in [0.29, 0.717) is 24.4 Å². The van der Waals surface area contributed by atoms with Gasteiger partial charge in [-0.05, 0) is 48.7 Å². The third-order valence-corrected chi connectivity index (χ3v) is 3.67. The number of benzene rings is 2. The fourth-order valence-electron chi connectivity index (χ4n) is 2.29. The van der Waals surface area contributed by atoms with Gasteiger partial charge in [0.15, 0.2) is 0 Å². The lowest BCUT2D eigenvalue weighted by Crippen LogP contribution is -2.36. The Kier molecular flexibility index (Phi) is 6.39. The first-order valence-electron chi connectivity index (χ1n) is 7.90. The molecule has 0 aliphatic heterocycles. The van der Waals surface area contributed by atoms with E-state index in [1.807, 2.05) is 37.3 Å². The summed E-state index contributed by atoms with van der Waals surface area (Å²) in [4.78, 5) is 24.0. The van der Waals surface area contributed by atoms with Crippen LogP contribution in [0.3, 0.4) is 0 Å². The maximum atomic E-state index is 12.0. The van der Waals surface area contributed by atoms with Gasteiger partial charge in [-0.25, -0.2) is 0 Å². The van der Waals surface area contributed by atoms with Gasteiger partial charge in [0.1, 0.15) is 11.5 Å². The Labute approximate surface area is 147 Å². The predicted octanol–water partition coefficient (Wildman–Crippen LogP) is 2.31. The van der Waals surface area contributed by atoms with E-state index < -0.39 is 11.8 Å². The molecular weight excluding hydrogens is 320 g/mol. The second-order valence-corrected chi connectivity index (χ2v) is 5.51. The van der Waals surface area contributed by atoms with Gasteiger partial charge in [0.2, 0.25) is 0 Å². The van der Waals surface area contributed by atoms with Crippen LogP contribution in [0.15, 0.2) is 42.5 Å². The van der Waals surface area contributed by atoms with Crippen molar-refractivity contribution in [2.45, 2.75) is 13.3 Å². The molecule has 0 spiro atoms. The zero-order chi connectivity index (χ0) is 18.2. The summed E-state index contributed by atoms with van der Waals surface area (Å²) >= 11 is 0. The van der Waals surface area contributed by atoms with E-state index >= 15 is 0 Å². The fourth-order valence-corrected chi connectivity index (χ4v) is 2.29. The van der Waals surface area contributed by atoms with E-state index in [2.05, 4.69) is 10.6 Å². The fraction of sp³-hybridized carbons (Fsp3) is 0.263. The molecule has 0 unspecified atom stereocenters. The van der Waals surface area contributed by atoms with Gasteiger partial charge in [0.25, 0.3) is 0 Å². The molecule has 0 radical (unpaired) electrons. The molecule has 0 atom stereocenters. The van der Waals surface area contributed by atoms with Gasteiger partial charge >= 0.3 is 11.8 Å². The minimum atomic E-state index is -0.723. The van der Waals surface area contributed by atoms with Gasteiger partial charge in [-0.2, -0.15) is 0 Å². The van der Waals surface area contributed by atoms with Crippen molar-refractivity contribution in [1.29, 1.82) is 0 Å². The molecule has 0 heterocycles. The maximum Gasteiger partial charge on any atom is 0.313 e. The minimum absolute atomic E-state index is 0.365. The van der Waals surface area contributed by atoms with Crippen LogP contribution in [-0.2, 0) is 16.0 Å². The van der Waals surface area contributed by atoms with E-state index in [1.54, 1.807) is 19.2 Å². The molecule has 2 aromatic rings. The van der Waals surface area contributed by atoms with E-state index in [1.165, 1.54) is 7.11 Å². The molecule has 2 N–H and O–H groups in total. The van der Waals surface area contributed by atoms with Gasteiger partial charge in [-0.15, -0.1) is 0 Å². The Balaban J connectivity index is 1.86. The van der Waals surface area contributed by atoms with Crippen molar-refractivity contribution < 1.29 is 19.1 Å². The van der Waals surface area contributed by atoms with Crippen molar-refractivity contribution in [3.05, 3.63) is 53.6 Å². The van der Waals surface area contributed by atoms with Crippen molar-refractivity contribution in [2.75, 3.05) is 26.1 Å². The lowest BCUT2D eigenvalue weighted by atomic mass is 10.1. The smallest absolute Gasteiger partial charge is 0.313 e. The number of nitrogens with one attached hydrogen (secondary N) is 2. The Morgan fingerprint density at radius 1 is 0.960 bits per heavy atom. The lowest BCUT2D eigenvalue weighted by Gasteiger charge is -2.11. The molecule has 0 fully saturated rings. The standard InChI is InChI=1S/C19H22N2O4/c1-13-4-9-17(25-3)16(12-13)21-19(23)18(22)20-11-10-14-5-7-15(24-2)8-6-14/h4-9,12H,10-11H2,1-3H3,(H,20,22)(H,21,23). The van der Waals surface area contributed by atoms with Crippen LogP contribution in [0.1, 0.15) is 11.1 Å². The van der Waals surface area contributed by atoms with Gasteiger partial charge in [-0.3, -0.25) is 9.59 Å². The number of anilines is 1. The average molecular weight is 342 g/mol. The zero-order valence-corrected chi connectivity index (χ0v) is 14.6. The summed E-state index contributed by atoms with van der Waals surface area (Å²) in [6.45, 7) is 2.26. The van der Waals surface area contributed by atoms with Crippen LogP contribution in [0, 0.1) is 6.92 Å². The number of carbonyl (C=O) groups excluding carboxylic acids is 2. The van der Waals surface area contributed by atoms with Gasteiger partial charge in [0, 0.05) is 6.54 Å². The molecule has 0 aliphatic rings. The van der Waals surface area contributed by atoms with Gasteiger partial charge < -0.3 is 20.1 Å².